The number of hydrogen-bond acceptors (Lipinski definition) is 12. The summed E-state index contributed by atoms with van der Waals surface area (Å²) in [5.41, 5.74) is 3.58. The summed E-state index contributed by atoms with van der Waals surface area (Å²) in [5.74, 6) is 1.67. The van der Waals surface area contributed by atoms with E-state index in [0.29, 0.717) is 70.3 Å². The van der Waals surface area contributed by atoms with Gasteiger partial charge in [-0.15, -0.1) is 11.8 Å². The number of ether oxygens (including phenoxy) is 5. The summed E-state index contributed by atoms with van der Waals surface area (Å²) in [4.78, 5) is 58.0. The van der Waals surface area contributed by atoms with Gasteiger partial charge in [-0.05, 0) is 68.2 Å². The number of anilines is 2. The Balaban J connectivity index is 1.33. The Morgan fingerprint density at radius 3 is 2.38 bits per heavy atom. The molecule has 2 atom stereocenters. The number of fused-ring (bicyclic) bond motifs is 1. The summed E-state index contributed by atoms with van der Waals surface area (Å²) < 4.78 is 29.2. The maximum Gasteiger partial charge on any atom is 0.416 e. The summed E-state index contributed by atoms with van der Waals surface area (Å²) in [5, 5.41) is 17.3. The predicted molar refractivity (Wildman–Crippen MR) is 231 cm³/mol. The zero-order chi connectivity index (χ0) is 43.0. The van der Waals surface area contributed by atoms with Crippen molar-refractivity contribution in [3.05, 3.63) is 112 Å². The molecule has 2 aliphatic rings. The van der Waals surface area contributed by atoms with E-state index in [0.717, 1.165) is 15.4 Å². The van der Waals surface area contributed by atoms with Gasteiger partial charge in [-0.2, -0.15) is 0 Å². The first-order chi connectivity index (χ1) is 29.1. The van der Waals surface area contributed by atoms with E-state index in [4.69, 9.17) is 23.7 Å². The number of carbonyl (C=O) groups is 4. The molecule has 3 aromatic carbocycles. The number of allylic oxidation sites excluding steroid dienone is 4. The predicted octanol–water partition coefficient (Wildman–Crippen LogP) is 7.18. The minimum absolute atomic E-state index is 0.144. The van der Waals surface area contributed by atoms with Gasteiger partial charge >= 0.3 is 6.09 Å². The van der Waals surface area contributed by atoms with Crippen LogP contribution in [0.15, 0.2) is 101 Å². The van der Waals surface area contributed by atoms with Crippen molar-refractivity contribution in [1.82, 2.24) is 10.2 Å². The largest absolute Gasteiger partial charge is 0.493 e. The van der Waals surface area contributed by atoms with Gasteiger partial charge in [0.1, 0.15) is 6.61 Å². The highest BCUT2D eigenvalue weighted by atomic mass is 32.2. The van der Waals surface area contributed by atoms with Crippen LogP contribution in [-0.4, -0.2) is 86.5 Å². The lowest BCUT2D eigenvalue weighted by molar-refractivity contribution is -0.118. The van der Waals surface area contributed by atoms with Crippen LogP contribution in [0.3, 0.4) is 0 Å². The van der Waals surface area contributed by atoms with Crippen LogP contribution in [0.2, 0.25) is 0 Å². The number of thioether (sulfide) groups is 1. The van der Waals surface area contributed by atoms with Gasteiger partial charge in [0.2, 0.25) is 12.8 Å². The normalized spacial score (nSPS) is 17.1. The molecule has 2 heterocycles. The SMILES string of the molecule is C/C=C/C1=CN(C=O)C(C(O)N(C(=O)OCc2ccc(NC=O)cc2)c2cc(OCCCOc3cc4c(cc3OC)C(=O)N/C=C(/C=C/C)SC/C=N\4)c(OC)cc2C)C1. The first-order valence-corrected chi connectivity index (χ1v) is 20.1. The molecule has 4 amide bonds. The fourth-order valence-electron chi connectivity index (χ4n) is 6.38. The number of rotatable bonds is 18. The van der Waals surface area contributed by atoms with Crippen molar-refractivity contribution in [2.45, 2.75) is 52.5 Å². The molecule has 60 heavy (non-hydrogen) atoms. The van der Waals surface area contributed by atoms with Gasteiger partial charge in [-0.25, -0.2) is 9.69 Å². The van der Waals surface area contributed by atoms with Crippen LogP contribution in [0.1, 0.15) is 48.2 Å². The van der Waals surface area contributed by atoms with E-state index in [1.807, 2.05) is 38.2 Å². The van der Waals surface area contributed by atoms with Crippen LogP contribution in [0.4, 0.5) is 21.9 Å². The lowest BCUT2D eigenvalue weighted by Crippen LogP contribution is -2.51. The number of aliphatic hydroxyl groups is 1. The minimum atomic E-state index is -1.54. The van der Waals surface area contributed by atoms with Crippen LogP contribution in [-0.2, 0) is 20.9 Å². The van der Waals surface area contributed by atoms with E-state index in [2.05, 4.69) is 15.6 Å². The minimum Gasteiger partial charge on any atom is -0.493 e. The first-order valence-electron chi connectivity index (χ1n) is 19.1. The molecule has 3 N–H and O–H groups in total. The third-order valence-electron chi connectivity index (χ3n) is 9.30. The first kappa shape index (κ1) is 44.6. The molecule has 2 aliphatic heterocycles. The summed E-state index contributed by atoms with van der Waals surface area (Å²) in [6.45, 7) is 5.72. The van der Waals surface area contributed by atoms with Crippen molar-refractivity contribution < 1.29 is 48.0 Å². The highest BCUT2D eigenvalue weighted by molar-refractivity contribution is 8.03. The number of nitrogens with zero attached hydrogens (tertiary/aromatic N) is 3. The molecule has 316 valence electrons. The van der Waals surface area contributed by atoms with Gasteiger partial charge in [0.05, 0.1) is 50.4 Å². The topological polar surface area (TPSA) is 178 Å². The van der Waals surface area contributed by atoms with E-state index in [1.165, 1.54) is 30.9 Å². The van der Waals surface area contributed by atoms with Gasteiger partial charge in [0.15, 0.2) is 29.2 Å². The Morgan fingerprint density at radius 2 is 1.72 bits per heavy atom. The smallest absolute Gasteiger partial charge is 0.416 e. The van der Waals surface area contributed by atoms with E-state index in [-0.39, 0.29) is 43.6 Å². The van der Waals surface area contributed by atoms with Crippen molar-refractivity contribution in [1.29, 1.82) is 0 Å². The maximum atomic E-state index is 14.0. The number of amides is 4. The summed E-state index contributed by atoms with van der Waals surface area (Å²) in [7, 11) is 2.98. The average Bonchev–Trinajstić information content (AvgIpc) is 3.67. The third kappa shape index (κ3) is 11.4. The highest BCUT2D eigenvalue weighted by Crippen LogP contribution is 2.39. The summed E-state index contributed by atoms with van der Waals surface area (Å²) in [6, 6.07) is 12.4. The third-order valence-corrected chi connectivity index (χ3v) is 10.2. The average molecular weight is 840 g/mol. The van der Waals surface area contributed by atoms with Crippen molar-refractivity contribution >= 4 is 59.9 Å². The molecule has 0 saturated carbocycles. The van der Waals surface area contributed by atoms with Gasteiger partial charge < -0.3 is 44.3 Å². The molecule has 0 bridgehead atoms. The Kier molecular flexibility index (Phi) is 16.4. The molecule has 3 aromatic rings. The number of hydrogen-bond donors (Lipinski definition) is 3. The van der Waals surface area contributed by atoms with Crippen molar-refractivity contribution in [3.63, 3.8) is 0 Å². The molecule has 0 aliphatic carbocycles. The van der Waals surface area contributed by atoms with Crippen LogP contribution in [0.25, 0.3) is 0 Å². The molecule has 0 radical (unpaired) electrons. The molecule has 5 rings (SSSR count). The fraction of sp³-hybridized carbons (Fsp3) is 0.295. The molecule has 0 spiro atoms. The van der Waals surface area contributed by atoms with Crippen LogP contribution in [0, 0.1) is 6.92 Å². The van der Waals surface area contributed by atoms with Crippen molar-refractivity contribution in [3.8, 4) is 23.0 Å². The summed E-state index contributed by atoms with van der Waals surface area (Å²) >= 11 is 1.53. The Morgan fingerprint density at radius 1 is 1.02 bits per heavy atom. The Labute approximate surface area is 353 Å². The summed E-state index contributed by atoms with van der Waals surface area (Å²) in [6.07, 6.45) is 11.9. The molecular weight excluding hydrogens is 791 g/mol. The molecule has 15 nitrogen and oxygen atoms in total. The van der Waals surface area contributed by atoms with Gasteiger partial charge in [0, 0.05) is 53.5 Å². The standard InChI is InChI=1S/C44H49N5O10S/c1-6-9-31-20-37(48(25-31)28-51)43(53)49(44(54)59-26-30-11-13-32(14-12-30)47-27-50)36-23-41(38(55-4)19-29(36)3)58-17-8-16-57-40-22-35-34(21-39(40)56-5)42(52)46-24-33(10-7-2)60-18-15-45-35/h6-7,9-15,19,21-25,27-28,37,43,53H,8,16-18,20,26H2,1-5H3,(H,46,52)(H,47,50)/b9-6+,10-7+,33-24-,45-15-. The lowest BCUT2D eigenvalue weighted by atomic mass is 10.1. The van der Waals surface area contributed by atoms with E-state index in [9.17, 15) is 24.3 Å². The molecule has 16 heteroatoms. The fourth-order valence-corrected chi connectivity index (χ4v) is 7.10. The van der Waals surface area contributed by atoms with Crippen molar-refractivity contribution in [2.24, 2.45) is 4.99 Å². The highest BCUT2D eigenvalue weighted by Gasteiger charge is 2.38. The van der Waals surface area contributed by atoms with E-state index < -0.39 is 18.4 Å². The van der Waals surface area contributed by atoms with E-state index >= 15 is 0 Å². The second kappa shape index (κ2) is 22.0. The number of aliphatic hydroxyl groups excluding tert-OH is 1. The second-order valence-electron chi connectivity index (χ2n) is 13.3. The molecule has 0 aromatic heterocycles. The number of aryl methyl sites for hydroxylation is 1. The zero-order valence-electron chi connectivity index (χ0n) is 34.1. The van der Waals surface area contributed by atoms with Gasteiger partial charge in [-0.1, -0.05) is 36.4 Å². The Hall–Kier alpha value is -6.52. The number of aliphatic imine (C=N–C) groups is 1. The molecule has 0 fully saturated rings. The van der Waals surface area contributed by atoms with Gasteiger partial charge in [-0.3, -0.25) is 19.4 Å². The number of carbonyl (C=O) groups excluding carboxylic acids is 4. The monoisotopic (exact) mass is 839 g/mol. The number of methoxy groups -OCH3 is 2. The molecular formula is C44H49N5O10S. The number of nitrogens with one attached hydrogen (secondary N) is 2. The van der Waals surface area contributed by atoms with Crippen LogP contribution in [0.5, 0.6) is 23.0 Å². The van der Waals surface area contributed by atoms with E-state index in [1.54, 1.807) is 74.1 Å². The quantitative estimate of drug-likeness (QED) is 0.0672. The molecule has 0 saturated heterocycles. The lowest BCUT2D eigenvalue weighted by Gasteiger charge is -2.35. The van der Waals surface area contributed by atoms with Crippen LogP contribution >= 0.6 is 11.8 Å². The zero-order valence-corrected chi connectivity index (χ0v) is 34.9. The number of benzene rings is 3. The second-order valence-corrected chi connectivity index (χ2v) is 14.4. The Bertz CT molecular complexity index is 2170. The van der Waals surface area contributed by atoms with Gasteiger partial charge in [0.25, 0.3) is 5.91 Å². The molecule has 2 unspecified atom stereocenters. The van der Waals surface area contributed by atoms with Crippen molar-refractivity contribution in [2.75, 3.05) is 43.4 Å². The van der Waals surface area contributed by atoms with Crippen LogP contribution < -0.4 is 34.5 Å². The maximum absolute atomic E-state index is 14.0.